The lowest BCUT2D eigenvalue weighted by Crippen LogP contribution is -2.26. The van der Waals surface area contributed by atoms with Crippen molar-refractivity contribution in [2.75, 3.05) is 6.54 Å². The molecule has 0 radical (unpaired) electrons. The molecule has 0 atom stereocenters. The van der Waals surface area contributed by atoms with Gasteiger partial charge in [-0.3, -0.25) is 9.59 Å². The number of hydrogen-bond donors (Lipinski definition) is 1. The number of hydrogen-bond acceptors (Lipinski definition) is 4. The van der Waals surface area contributed by atoms with E-state index in [1.54, 1.807) is 24.4 Å². The number of rotatable bonds is 6. The maximum atomic E-state index is 12.2. The van der Waals surface area contributed by atoms with Crippen molar-refractivity contribution in [3.05, 3.63) is 77.1 Å². The molecule has 6 heteroatoms. The van der Waals surface area contributed by atoms with E-state index in [-0.39, 0.29) is 25.5 Å². The number of amides is 1. The fraction of sp³-hybridized carbons (Fsp3) is 0.150. The zero-order valence-electron chi connectivity index (χ0n) is 13.9. The van der Waals surface area contributed by atoms with Crippen LogP contribution in [0.5, 0.6) is 0 Å². The first-order valence-corrected chi connectivity index (χ1v) is 8.53. The average molecular weight is 369 g/mol. The Bertz CT molecular complexity index is 926. The fourth-order valence-electron chi connectivity index (χ4n) is 2.44. The Morgan fingerprint density at radius 2 is 1.85 bits per heavy atom. The van der Waals surface area contributed by atoms with Crippen LogP contribution in [-0.4, -0.2) is 23.4 Å². The number of benzene rings is 2. The third-order valence-electron chi connectivity index (χ3n) is 3.81. The topological polar surface area (TPSA) is 68.3 Å². The molecule has 3 aromatic rings. The molecule has 26 heavy (non-hydrogen) atoms. The number of fused-ring (bicyclic) bond motifs is 1. The number of carbonyl (C=O) groups excluding carboxylic acids is 2. The minimum absolute atomic E-state index is 0.0976. The highest BCUT2D eigenvalue weighted by molar-refractivity contribution is 6.29. The predicted molar refractivity (Wildman–Crippen MR) is 99.9 cm³/mol. The number of nitrogens with one attached hydrogen (secondary N) is 1. The first-order chi connectivity index (χ1) is 12.6. The molecule has 0 fully saturated rings. The van der Waals surface area contributed by atoms with Gasteiger partial charge in [-0.1, -0.05) is 48.0 Å². The largest absolute Gasteiger partial charge is 0.461 e. The Balaban J connectivity index is 1.45. The minimum atomic E-state index is -0.390. The van der Waals surface area contributed by atoms with Gasteiger partial charge in [0.15, 0.2) is 0 Å². The summed E-state index contributed by atoms with van der Waals surface area (Å²) in [5, 5.41) is 5.19. The first kappa shape index (κ1) is 17.9. The zero-order valence-corrected chi connectivity index (χ0v) is 14.7. The highest BCUT2D eigenvalue weighted by atomic mass is 35.5. The SMILES string of the molecule is O=C(CCNC(=O)c1ccc2ccccc2c1)OCc1ccc(Cl)nc1. The molecule has 0 aliphatic rings. The molecule has 0 unspecified atom stereocenters. The monoisotopic (exact) mass is 368 g/mol. The molecule has 1 amide bonds. The van der Waals surface area contributed by atoms with Gasteiger partial charge in [-0.15, -0.1) is 0 Å². The van der Waals surface area contributed by atoms with E-state index in [9.17, 15) is 9.59 Å². The number of aromatic nitrogens is 1. The van der Waals surface area contributed by atoms with Gasteiger partial charge in [0.25, 0.3) is 5.91 Å². The Labute approximate surface area is 156 Å². The van der Waals surface area contributed by atoms with E-state index in [0.717, 1.165) is 16.3 Å². The van der Waals surface area contributed by atoms with Crippen LogP contribution in [0, 0.1) is 0 Å². The van der Waals surface area contributed by atoms with Crippen LogP contribution in [0.15, 0.2) is 60.8 Å². The molecule has 2 aromatic carbocycles. The van der Waals surface area contributed by atoms with E-state index in [0.29, 0.717) is 10.7 Å². The van der Waals surface area contributed by atoms with Gasteiger partial charge in [0, 0.05) is 23.9 Å². The fourth-order valence-corrected chi connectivity index (χ4v) is 2.55. The second-order valence-corrected chi connectivity index (χ2v) is 6.10. The highest BCUT2D eigenvalue weighted by Crippen LogP contribution is 2.15. The second-order valence-electron chi connectivity index (χ2n) is 5.72. The summed E-state index contributed by atoms with van der Waals surface area (Å²) in [6.07, 6.45) is 1.65. The van der Waals surface area contributed by atoms with Crippen molar-refractivity contribution < 1.29 is 14.3 Å². The minimum Gasteiger partial charge on any atom is -0.461 e. The summed E-state index contributed by atoms with van der Waals surface area (Å²) in [4.78, 5) is 27.9. The lowest BCUT2D eigenvalue weighted by Gasteiger charge is -2.07. The molecular weight excluding hydrogens is 352 g/mol. The summed E-state index contributed by atoms with van der Waals surface area (Å²) in [5.41, 5.74) is 1.31. The molecule has 0 saturated heterocycles. The van der Waals surface area contributed by atoms with E-state index < -0.39 is 5.97 Å². The Morgan fingerprint density at radius 3 is 2.62 bits per heavy atom. The van der Waals surface area contributed by atoms with Gasteiger partial charge in [0.05, 0.1) is 6.42 Å². The summed E-state index contributed by atoms with van der Waals surface area (Å²) in [5.74, 6) is -0.607. The van der Waals surface area contributed by atoms with E-state index in [1.807, 2.05) is 36.4 Å². The molecule has 0 saturated carbocycles. The summed E-state index contributed by atoms with van der Waals surface area (Å²) >= 11 is 5.70. The lowest BCUT2D eigenvalue weighted by molar-refractivity contribution is -0.144. The van der Waals surface area contributed by atoms with Crippen molar-refractivity contribution in [2.24, 2.45) is 0 Å². The molecular formula is C20H17ClN2O3. The van der Waals surface area contributed by atoms with Gasteiger partial charge in [-0.2, -0.15) is 0 Å². The van der Waals surface area contributed by atoms with Crippen molar-refractivity contribution in [1.82, 2.24) is 10.3 Å². The van der Waals surface area contributed by atoms with Gasteiger partial charge < -0.3 is 10.1 Å². The molecule has 1 heterocycles. The average Bonchev–Trinajstić information content (AvgIpc) is 2.67. The second kappa shape index (κ2) is 8.45. The van der Waals surface area contributed by atoms with Crippen molar-refractivity contribution in [3.63, 3.8) is 0 Å². The van der Waals surface area contributed by atoms with Crippen LogP contribution in [-0.2, 0) is 16.1 Å². The smallest absolute Gasteiger partial charge is 0.307 e. The van der Waals surface area contributed by atoms with Crippen LogP contribution >= 0.6 is 11.6 Å². The van der Waals surface area contributed by atoms with Crippen molar-refractivity contribution in [3.8, 4) is 0 Å². The molecule has 0 spiro atoms. The Morgan fingerprint density at radius 1 is 1.04 bits per heavy atom. The molecule has 1 aromatic heterocycles. The van der Waals surface area contributed by atoms with E-state index in [2.05, 4.69) is 10.3 Å². The molecule has 0 aliphatic heterocycles. The normalized spacial score (nSPS) is 10.5. The van der Waals surface area contributed by atoms with Crippen LogP contribution in [0.2, 0.25) is 5.15 Å². The van der Waals surface area contributed by atoms with Crippen LogP contribution in [0.4, 0.5) is 0 Å². The zero-order chi connectivity index (χ0) is 18.4. The maximum Gasteiger partial charge on any atom is 0.307 e. The number of nitrogens with zero attached hydrogens (tertiary/aromatic N) is 1. The third kappa shape index (κ3) is 4.80. The van der Waals surface area contributed by atoms with Gasteiger partial charge in [-0.05, 0) is 29.0 Å². The molecule has 0 aliphatic carbocycles. The molecule has 0 bridgehead atoms. The van der Waals surface area contributed by atoms with Crippen molar-refractivity contribution in [2.45, 2.75) is 13.0 Å². The number of esters is 1. The highest BCUT2D eigenvalue weighted by Gasteiger charge is 2.08. The quantitative estimate of drug-likeness (QED) is 0.531. The number of halogens is 1. The maximum absolute atomic E-state index is 12.2. The van der Waals surface area contributed by atoms with Crippen molar-refractivity contribution in [1.29, 1.82) is 0 Å². The number of carbonyl (C=O) groups is 2. The molecule has 5 nitrogen and oxygen atoms in total. The number of ether oxygens (including phenoxy) is 1. The van der Waals surface area contributed by atoms with Crippen LogP contribution in [0.3, 0.4) is 0 Å². The summed E-state index contributed by atoms with van der Waals surface area (Å²) in [7, 11) is 0. The standard InChI is InChI=1S/C20H17ClN2O3/c21-18-8-5-14(12-23-18)13-26-19(24)9-10-22-20(25)17-7-6-15-3-1-2-4-16(15)11-17/h1-8,11-12H,9-10,13H2,(H,22,25). The van der Waals surface area contributed by atoms with E-state index in [4.69, 9.17) is 16.3 Å². The van der Waals surface area contributed by atoms with Gasteiger partial charge >= 0.3 is 5.97 Å². The Hall–Kier alpha value is -2.92. The summed E-state index contributed by atoms with van der Waals surface area (Å²) in [6.45, 7) is 0.338. The van der Waals surface area contributed by atoms with Crippen LogP contribution in [0.25, 0.3) is 10.8 Å². The van der Waals surface area contributed by atoms with E-state index in [1.165, 1.54) is 0 Å². The lowest BCUT2D eigenvalue weighted by atomic mass is 10.1. The van der Waals surface area contributed by atoms with Gasteiger partial charge in [0.2, 0.25) is 0 Å². The van der Waals surface area contributed by atoms with Gasteiger partial charge in [-0.25, -0.2) is 4.98 Å². The molecule has 3 rings (SSSR count). The Kier molecular flexibility index (Phi) is 5.81. The number of pyridine rings is 1. The third-order valence-corrected chi connectivity index (χ3v) is 4.04. The van der Waals surface area contributed by atoms with Crippen LogP contribution < -0.4 is 5.32 Å². The molecule has 1 N–H and O–H groups in total. The van der Waals surface area contributed by atoms with Crippen LogP contribution in [0.1, 0.15) is 22.3 Å². The van der Waals surface area contributed by atoms with E-state index >= 15 is 0 Å². The summed E-state index contributed by atoms with van der Waals surface area (Å²) < 4.78 is 5.14. The molecule has 132 valence electrons. The summed E-state index contributed by atoms with van der Waals surface area (Å²) in [6, 6.07) is 16.7. The van der Waals surface area contributed by atoms with Gasteiger partial charge in [0.1, 0.15) is 11.8 Å². The van der Waals surface area contributed by atoms with Crippen molar-refractivity contribution >= 4 is 34.2 Å². The first-order valence-electron chi connectivity index (χ1n) is 8.15. The predicted octanol–water partition coefficient (Wildman–Crippen LogP) is 3.75.